The first-order valence-corrected chi connectivity index (χ1v) is 6.10. The van der Waals surface area contributed by atoms with Gasteiger partial charge in [-0.15, -0.1) is 0 Å². The van der Waals surface area contributed by atoms with Crippen LogP contribution in [0, 0.1) is 6.92 Å². The Balaban J connectivity index is 2.22. The van der Waals surface area contributed by atoms with Crippen molar-refractivity contribution in [1.82, 2.24) is 15.0 Å². The lowest BCUT2D eigenvalue weighted by Gasteiger charge is -1.98. The van der Waals surface area contributed by atoms with Crippen LogP contribution in [0.25, 0.3) is 22.6 Å². The van der Waals surface area contributed by atoms with Gasteiger partial charge in [0.1, 0.15) is 5.69 Å². The fourth-order valence-electron chi connectivity index (χ4n) is 1.83. The molecule has 4 heteroatoms. The number of rotatable bonds is 1. The highest BCUT2D eigenvalue weighted by atomic mass is 79.9. The largest absolute Gasteiger partial charge is 0.337 e. The van der Waals surface area contributed by atoms with Gasteiger partial charge in [0.05, 0.1) is 11.0 Å². The van der Waals surface area contributed by atoms with Crippen molar-refractivity contribution in [2.45, 2.75) is 6.92 Å². The summed E-state index contributed by atoms with van der Waals surface area (Å²) in [7, 11) is 0. The number of aromatic amines is 1. The molecule has 0 atom stereocenters. The van der Waals surface area contributed by atoms with Crippen molar-refractivity contribution in [2.75, 3.05) is 0 Å². The molecular formula is C13H10BrN3. The summed E-state index contributed by atoms with van der Waals surface area (Å²) in [5, 5.41) is 0. The number of fused-ring (bicyclic) bond motifs is 1. The van der Waals surface area contributed by atoms with Crippen molar-refractivity contribution >= 4 is 27.0 Å². The number of pyridine rings is 1. The number of nitrogens with zero attached hydrogens (tertiary/aromatic N) is 2. The molecular weight excluding hydrogens is 278 g/mol. The average Bonchev–Trinajstić information content (AvgIpc) is 2.72. The van der Waals surface area contributed by atoms with E-state index in [9.17, 15) is 0 Å². The number of nitrogens with one attached hydrogen (secondary N) is 1. The Hall–Kier alpha value is -1.68. The van der Waals surface area contributed by atoms with Crippen molar-refractivity contribution < 1.29 is 0 Å². The fourth-order valence-corrected chi connectivity index (χ4v) is 2.19. The Bertz CT molecular complexity index is 688. The fraction of sp³-hybridized carbons (Fsp3) is 0.0769. The molecule has 0 aliphatic rings. The van der Waals surface area contributed by atoms with E-state index in [1.54, 1.807) is 6.20 Å². The lowest BCUT2D eigenvalue weighted by atomic mass is 10.2. The van der Waals surface area contributed by atoms with E-state index in [4.69, 9.17) is 0 Å². The quantitative estimate of drug-likeness (QED) is 0.742. The van der Waals surface area contributed by atoms with Gasteiger partial charge >= 0.3 is 0 Å². The van der Waals surface area contributed by atoms with Gasteiger partial charge < -0.3 is 4.98 Å². The lowest BCUT2D eigenvalue weighted by molar-refractivity contribution is 1.20. The predicted octanol–water partition coefficient (Wildman–Crippen LogP) is 3.70. The molecule has 0 unspecified atom stereocenters. The highest BCUT2D eigenvalue weighted by molar-refractivity contribution is 9.10. The molecule has 2 heterocycles. The van der Waals surface area contributed by atoms with Crippen LogP contribution in [0.1, 0.15) is 5.56 Å². The van der Waals surface area contributed by atoms with E-state index in [0.717, 1.165) is 32.6 Å². The van der Waals surface area contributed by atoms with Crippen LogP contribution in [-0.2, 0) is 0 Å². The van der Waals surface area contributed by atoms with Crippen molar-refractivity contribution in [1.29, 1.82) is 0 Å². The Kier molecular flexibility index (Phi) is 2.44. The molecule has 0 saturated heterocycles. The summed E-state index contributed by atoms with van der Waals surface area (Å²) in [6, 6.07) is 9.95. The molecule has 84 valence electrons. The summed E-state index contributed by atoms with van der Waals surface area (Å²) in [6.07, 6.45) is 1.78. The number of H-pyrrole nitrogens is 1. The summed E-state index contributed by atoms with van der Waals surface area (Å²) in [4.78, 5) is 12.2. The van der Waals surface area contributed by atoms with Crippen LogP contribution < -0.4 is 0 Å². The highest BCUT2D eigenvalue weighted by Crippen LogP contribution is 2.23. The molecule has 0 bridgehead atoms. The van der Waals surface area contributed by atoms with Gasteiger partial charge in [-0.2, -0.15) is 0 Å². The van der Waals surface area contributed by atoms with Crippen LogP contribution >= 0.6 is 15.9 Å². The molecule has 1 aromatic carbocycles. The number of benzene rings is 1. The molecule has 0 amide bonds. The summed E-state index contributed by atoms with van der Waals surface area (Å²) in [5.41, 5.74) is 3.98. The molecule has 0 spiro atoms. The van der Waals surface area contributed by atoms with E-state index < -0.39 is 0 Å². The van der Waals surface area contributed by atoms with E-state index in [1.807, 2.05) is 37.3 Å². The van der Waals surface area contributed by atoms with Crippen LogP contribution in [-0.4, -0.2) is 15.0 Å². The standard InChI is InChI=1S/C13H10BrN3/c1-8-3-2-6-15-12(8)13-16-10-5-4-9(14)7-11(10)17-13/h2-7H,1H3,(H,16,17). The highest BCUT2D eigenvalue weighted by Gasteiger charge is 2.08. The van der Waals surface area contributed by atoms with Crippen LogP contribution in [0.2, 0.25) is 0 Å². The second-order valence-electron chi connectivity index (χ2n) is 3.92. The number of hydrogen-bond donors (Lipinski definition) is 1. The maximum absolute atomic E-state index is 4.55. The van der Waals surface area contributed by atoms with Crippen molar-refractivity contribution in [2.24, 2.45) is 0 Å². The zero-order chi connectivity index (χ0) is 11.8. The number of imidazole rings is 1. The van der Waals surface area contributed by atoms with E-state index in [2.05, 4.69) is 30.9 Å². The SMILES string of the molecule is Cc1cccnc1-c1nc2ccc(Br)cc2[nH]1. The molecule has 17 heavy (non-hydrogen) atoms. The Morgan fingerprint density at radius 1 is 1.24 bits per heavy atom. The predicted molar refractivity (Wildman–Crippen MR) is 71.8 cm³/mol. The van der Waals surface area contributed by atoms with Gasteiger partial charge in [0, 0.05) is 10.7 Å². The van der Waals surface area contributed by atoms with Gasteiger partial charge in [-0.1, -0.05) is 22.0 Å². The third-order valence-electron chi connectivity index (χ3n) is 2.68. The maximum atomic E-state index is 4.55. The smallest absolute Gasteiger partial charge is 0.157 e. The van der Waals surface area contributed by atoms with Crippen molar-refractivity contribution in [3.05, 3.63) is 46.6 Å². The summed E-state index contributed by atoms with van der Waals surface area (Å²) >= 11 is 3.45. The first-order chi connectivity index (χ1) is 8.24. The normalized spacial score (nSPS) is 10.9. The van der Waals surface area contributed by atoms with Crippen LogP contribution in [0.15, 0.2) is 41.0 Å². The number of aromatic nitrogens is 3. The van der Waals surface area contributed by atoms with Crippen molar-refractivity contribution in [3.63, 3.8) is 0 Å². The first-order valence-electron chi connectivity index (χ1n) is 5.31. The monoisotopic (exact) mass is 287 g/mol. The molecule has 1 N–H and O–H groups in total. The molecule has 3 nitrogen and oxygen atoms in total. The van der Waals surface area contributed by atoms with E-state index in [1.165, 1.54) is 0 Å². The van der Waals surface area contributed by atoms with Gasteiger partial charge in [-0.25, -0.2) is 4.98 Å². The summed E-state index contributed by atoms with van der Waals surface area (Å²) in [6.45, 7) is 2.03. The van der Waals surface area contributed by atoms with Crippen LogP contribution in [0.4, 0.5) is 0 Å². The van der Waals surface area contributed by atoms with E-state index >= 15 is 0 Å². The zero-order valence-corrected chi connectivity index (χ0v) is 10.8. The number of aryl methyl sites for hydroxylation is 1. The van der Waals surface area contributed by atoms with Gasteiger partial charge in [0.15, 0.2) is 5.82 Å². The van der Waals surface area contributed by atoms with Crippen LogP contribution in [0.3, 0.4) is 0 Å². The average molecular weight is 288 g/mol. The molecule has 0 radical (unpaired) electrons. The molecule has 2 aromatic heterocycles. The minimum Gasteiger partial charge on any atom is -0.337 e. The number of hydrogen-bond acceptors (Lipinski definition) is 2. The third kappa shape index (κ3) is 1.85. The van der Waals surface area contributed by atoms with Gasteiger partial charge in [-0.05, 0) is 36.8 Å². The second-order valence-corrected chi connectivity index (χ2v) is 4.83. The third-order valence-corrected chi connectivity index (χ3v) is 3.17. The Morgan fingerprint density at radius 3 is 2.94 bits per heavy atom. The maximum Gasteiger partial charge on any atom is 0.157 e. The molecule has 0 aliphatic heterocycles. The Labute approximate surface area is 107 Å². The first kappa shape index (κ1) is 10.5. The minimum atomic E-state index is 0.816. The van der Waals surface area contributed by atoms with Crippen molar-refractivity contribution in [3.8, 4) is 11.5 Å². The van der Waals surface area contributed by atoms with Gasteiger partial charge in [0.2, 0.25) is 0 Å². The zero-order valence-electron chi connectivity index (χ0n) is 9.24. The van der Waals surface area contributed by atoms with E-state index in [0.29, 0.717) is 0 Å². The molecule has 0 saturated carbocycles. The molecule has 3 aromatic rings. The van der Waals surface area contributed by atoms with Gasteiger partial charge in [0.25, 0.3) is 0 Å². The lowest BCUT2D eigenvalue weighted by Crippen LogP contribution is -1.88. The topological polar surface area (TPSA) is 41.6 Å². The number of halogens is 1. The minimum absolute atomic E-state index is 0.816. The van der Waals surface area contributed by atoms with Gasteiger partial charge in [-0.3, -0.25) is 4.98 Å². The second kappa shape index (κ2) is 3.96. The molecule has 0 aliphatic carbocycles. The molecule has 0 fully saturated rings. The van der Waals surface area contributed by atoms with E-state index in [-0.39, 0.29) is 0 Å². The Morgan fingerprint density at radius 2 is 2.12 bits per heavy atom. The summed E-state index contributed by atoms with van der Waals surface area (Å²) in [5.74, 6) is 0.816. The summed E-state index contributed by atoms with van der Waals surface area (Å²) < 4.78 is 1.04. The molecule has 3 rings (SSSR count). The van der Waals surface area contributed by atoms with Crippen LogP contribution in [0.5, 0.6) is 0 Å².